The van der Waals surface area contributed by atoms with Crippen LogP contribution in [0.2, 0.25) is 0 Å². The van der Waals surface area contributed by atoms with Crippen LogP contribution in [0.5, 0.6) is 0 Å². The zero-order chi connectivity index (χ0) is 14.6. The summed E-state index contributed by atoms with van der Waals surface area (Å²) in [6, 6.07) is 4.87. The summed E-state index contributed by atoms with van der Waals surface area (Å²) in [5, 5.41) is 11.8. The van der Waals surface area contributed by atoms with Gasteiger partial charge in [-0.2, -0.15) is 18.4 Å². The third kappa shape index (κ3) is 4.14. The van der Waals surface area contributed by atoms with E-state index in [4.69, 9.17) is 10.00 Å². The molecule has 0 bridgehead atoms. The fourth-order valence-electron chi connectivity index (χ4n) is 1.76. The number of rotatable bonds is 6. The highest BCUT2D eigenvalue weighted by atomic mass is 19.4. The second-order valence-electron chi connectivity index (χ2n) is 4.81. The Morgan fingerprint density at radius 3 is 2.70 bits per heavy atom. The SMILES string of the molecule is N#Cc1cc(C(F)(F)F)ccc1NCCOCC1CC1. The Morgan fingerprint density at radius 1 is 1.35 bits per heavy atom. The summed E-state index contributed by atoms with van der Waals surface area (Å²) in [5.41, 5.74) is -0.429. The number of alkyl halides is 3. The van der Waals surface area contributed by atoms with Crippen LogP contribution in [-0.2, 0) is 10.9 Å². The Kier molecular flexibility index (Phi) is 4.50. The summed E-state index contributed by atoms with van der Waals surface area (Å²) in [5.74, 6) is 0.677. The lowest BCUT2D eigenvalue weighted by Crippen LogP contribution is -2.12. The van der Waals surface area contributed by atoms with Crippen LogP contribution >= 0.6 is 0 Å². The average molecular weight is 284 g/mol. The van der Waals surface area contributed by atoms with Gasteiger partial charge >= 0.3 is 6.18 Å². The molecule has 0 heterocycles. The maximum Gasteiger partial charge on any atom is 0.416 e. The van der Waals surface area contributed by atoms with E-state index in [1.165, 1.54) is 18.9 Å². The number of ether oxygens (including phenoxy) is 1. The fourth-order valence-corrected chi connectivity index (χ4v) is 1.76. The molecule has 0 radical (unpaired) electrons. The van der Waals surface area contributed by atoms with Crippen molar-refractivity contribution in [3.8, 4) is 6.07 Å². The molecule has 6 heteroatoms. The van der Waals surface area contributed by atoms with E-state index >= 15 is 0 Å². The smallest absolute Gasteiger partial charge is 0.382 e. The molecule has 2 rings (SSSR count). The number of halogens is 3. The molecule has 0 spiro atoms. The van der Waals surface area contributed by atoms with Crippen LogP contribution in [-0.4, -0.2) is 19.8 Å². The Labute approximate surface area is 115 Å². The Morgan fingerprint density at radius 2 is 2.10 bits per heavy atom. The van der Waals surface area contributed by atoms with Crippen LogP contribution in [0.4, 0.5) is 18.9 Å². The molecule has 3 nitrogen and oxygen atoms in total. The lowest BCUT2D eigenvalue weighted by atomic mass is 10.1. The first kappa shape index (κ1) is 14.7. The van der Waals surface area contributed by atoms with Gasteiger partial charge in [0.2, 0.25) is 0 Å². The van der Waals surface area contributed by atoms with Crippen LogP contribution in [0.3, 0.4) is 0 Å². The molecule has 0 aliphatic heterocycles. The van der Waals surface area contributed by atoms with Crippen LogP contribution in [0, 0.1) is 17.2 Å². The van der Waals surface area contributed by atoms with E-state index in [1.807, 2.05) is 0 Å². The summed E-state index contributed by atoms with van der Waals surface area (Å²) in [6.45, 7) is 1.68. The Hall–Kier alpha value is -1.74. The highest BCUT2D eigenvalue weighted by molar-refractivity contribution is 5.58. The number of hydrogen-bond acceptors (Lipinski definition) is 3. The number of hydrogen-bond donors (Lipinski definition) is 1. The highest BCUT2D eigenvalue weighted by Gasteiger charge is 2.31. The van der Waals surface area contributed by atoms with Gasteiger partial charge in [-0.15, -0.1) is 0 Å². The third-order valence-corrected chi connectivity index (χ3v) is 3.08. The topological polar surface area (TPSA) is 45.0 Å². The number of anilines is 1. The minimum Gasteiger partial charge on any atom is -0.382 e. The number of nitrogens with zero attached hydrogens (tertiary/aromatic N) is 1. The molecule has 0 aromatic heterocycles. The normalized spacial score (nSPS) is 14.9. The van der Waals surface area contributed by atoms with Gasteiger partial charge in [-0.1, -0.05) is 0 Å². The molecule has 0 unspecified atom stereocenters. The average Bonchev–Trinajstić information content (AvgIpc) is 3.21. The standard InChI is InChI=1S/C14H15F3N2O/c15-14(16,17)12-3-4-13(11(7-12)8-18)19-5-6-20-9-10-1-2-10/h3-4,7,10,19H,1-2,5-6,9H2. The van der Waals surface area contributed by atoms with Gasteiger partial charge in [0.1, 0.15) is 6.07 Å². The first-order valence-electron chi connectivity index (χ1n) is 6.43. The molecule has 1 fully saturated rings. The molecule has 1 aliphatic carbocycles. The first-order chi connectivity index (χ1) is 9.50. The van der Waals surface area contributed by atoms with Crippen LogP contribution in [0.1, 0.15) is 24.0 Å². The van der Waals surface area contributed by atoms with Crippen molar-refractivity contribution in [3.63, 3.8) is 0 Å². The molecule has 1 aromatic carbocycles. The number of benzene rings is 1. The van der Waals surface area contributed by atoms with E-state index < -0.39 is 11.7 Å². The monoisotopic (exact) mass is 284 g/mol. The van der Waals surface area contributed by atoms with Crippen molar-refractivity contribution in [2.24, 2.45) is 5.92 Å². The van der Waals surface area contributed by atoms with Crippen LogP contribution < -0.4 is 5.32 Å². The summed E-state index contributed by atoms with van der Waals surface area (Å²) >= 11 is 0. The second-order valence-corrected chi connectivity index (χ2v) is 4.81. The minimum atomic E-state index is -4.43. The predicted molar refractivity (Wildman–Crippen MR) is 68.2 cm³/mol. The molecule has 20 heavy (non-hydrogen) atoms. The molecule has 1 aliphatic rings. The van der Waals surface area contributed by atoms with E-state index in [0.717, 1.165) is 18.7 Å². The van der Waals surface area contributed by atoms with Crippen molar-refractivity contribution < 1.29 is 17.9 Å². The van der Waals surface area contributed by atoms with Crippen molar-refractivity contribution in [2.45, 2.75) is 19.0 Å². The quantitative estimate of drug-likeness (QED) is 0.814. The lowest BCUT2D eigenvalue weighted by molar-refractivity contribution is -0.137. The molecule has 1 saturated carbocycles. The summed E-state index contributed by atoms with van der Waals surface area (Å²) in [7, 11) is 0. The maximum atomic E-state index is 12.5. The fraction of sp³-hybridized carbons (Fsp3) is 0.500. The van der Waals surface area contributed by atoms with Gasteiger partial charge in [-0.3, -0.25) is 0 Å². The van der Waals surface area contributed by atoms with Crippen molar-refractivity contribution in [3.05, 3.63) is 29.3 Å². The van der Waals surface area contributed by atoms with E-state index in [0.29, 0.717) is 24.8 Å². The first-order valence-corrected chi connectivity index (χ1v) is 6.43. The molecule has 0 atom stereocenters. The van der Waals surface area contributed by atoms with Gasteiger partial charge in [0.15, 0.2) is 0 Å². The third-order valence-electron chi connectivity index (χ3n) is 3.08. The van der Waals surface area contributed by atoms with E-state index in [1.54, 1.807) is 6.07 Å². The molecule has 1 N–H and O–H groups in total. The summed E-state index contributed by atoms with van der Waals surface area (Å²) in [6.07, 6.45) is -2.01. The van der Waals surface area contributed by atoms with Crippen molar-refractivity contribution in [1.82, 2.24) is 0 Å². The Balaban J connectivity index is 1.88. The highest BCUT2D eigenvalue weighted by Crippen LogP contribution is 2.31. The van der Waals surface area contributed by atoms with Gasteiger partial charge in [-0.25, -0.2) is 0 Å². The predicted octanol–water partition coefficient (Wildman–Crippen LogP) is 3.42. The van der Waals surface area contributed by atoms with Crippen molar-refractivity contribution in [1.29, 1.82) is 5.26 Å². The van der Waals surface area contributed by atoms with Crippen molar-refractivity contribution >= 4 is 5.69 Å². The molecule has 0 saturated heterocycles. The lowest BCUT2D eigenvalue weighted by Gasteiger charge is -2.11. The molecule has 108 valence electrons. The van der Waals surface area contributed by atoms with Gasteiger partial charge in [0.25, 0.3) is 0 Å². The van der Waals surface area contributed by atoms with Gasteiger partial charge in [-0.05, 0) is 37.0 Å². The summed E-state index contributed by atoms with van der Waals surface area (Å²) < 4.78 is 43.0. The minimum absolute atomic E-state index is 0.0120. The van der Waals surface area contributed by atoms with Gasteiger partial charge in [0, 0.05) is 13.2 Å². The second kappa shape index (κ2) is 6.14. The largest absolute Gasteiger partial charge is 0.416 e. The van der Waals surface area contributed by atoms with E-state index in [9.17, 15) is 13.2 Å². The van der Waals surface area contributed by atoms with E-state index in [-0.39, 0.29) is 5.56 Å². The Bertz CT molecular complexity index is 504. The van der Waals surface area contributed by atoms with E-state index in [2.05, 4.69) is 5.32 Å². The zero-order valence-corrected chi connectivity index (χ0v) is 10.8. The maximum absolute atomic E-state index is 12.5. The summed E-state index contributed by atoms with van der Waals surface area (Å²) in [4.78, 5) is 0. The molecule has 0 amide bonds. The van der Waals surface area contributed by atoms with Crippen LogP contribution in [0.15, 0.2) is 18.2 Å². The molecular formula is C14H15F3N2O. The van der Waals surface area contributed by atoms with Gasteiger partial charge < -0.3 is 10.1 Å². The van der Waals surface area contributed by atoms with Crippen molar-refractivity contribution in [2.75, 3.05) is 25.1 Å². The molecule has 1 aromatic rings. The number of nitrogens with one attached hydrogen (secondary N) is 1. The number of nitriles is 1. The van der Waals surface area contributed by atoms with Crippen LogP contribution in [0.25, 0.3) is 0 Å². The van der Waals surface area contributed by atoms with Gasteiger partial charge in [0.05, 0.1) is 23.4 Å². The molecular weight excluding hydrogens is 269 g/mol. The zero-order valence-electron chi connectivity index (χ0n) is 10.8.